The third-order valence-corrected chi connectivity index (χ3v) is 26.0. The Kier molecular flexibility index (Phi) is 6.48. The van der Waals surface area contributed by atoms with E-state index < -0.39 is 17.4 Å². The molecule has 34 heavy (non-hydrogen) atoms. The topological polar surface area (TPSA) is 0 Å². The van der Waals surface area contributed by atoms with Gasteiger partial charge >= 0.3 is 195 Å². The summed E-state index contributed by atoms with van der Waals surface area (Å²) in [4.78, 5) is 0. The van der Waals surface area contributed by atoms with Crippen LogP contribution in [0.25, 0.3) is 33.7 Å². The summed E-state index contributed by atoms with van der Waals surface area (Å²) in [5, 5.41) is 5.66. The summed E-state index contributed by atoms with van der Waals surface area (Å²) >= 11 is -3.47. The molecule has 4 aromatic rings. The normalized spacial score (nSPS) is 19.1. The first-order valence-corrected chi connectivity index (χ1v) is 25.4. The van der Waals surface area contributed by atoms with E-state index in [9.17, 15) is 0 Å². The molecule has 4 heteroatoms. The van der Waals surface area contributed by atoms with Crippen LogP contribution in [-0.4, -0.2) is 6.88 Å². The van der Waals surface area contributed by atoms with Gasteiger partial charge < -0.3 is 0 Å². The second kappa shape index (κ2) is 8.59. The second-order valence-corrected chi connectivity index (χ2v) is 41.6. The van der Waals surface area contributed by atoms with Crippen LogP contribution in [0.1, 0.15) is 43.4 Å². The van der Waals surface area contributed by atoms with E-state index in [1.165, 1.54) is 32.7 Å². The Morgan fingerprint density at radius 3 is 1.38 bits per heavy atom. The molecule has 0 fully saturated rings. The molecule has 4 aromatic carbocycles. The van der Waals surface area contributed by atoms with E-state index in [4.69, 9.17) is 0 Å². The van der Waals surface area contributed by atoms with Gasteiger partial charge in [-0.15, -0.1) is 24.8 Å². The fourth-order valence-corrected chi connectivity index (χ4v) is 28.3. The van der Waals surface area contributed by atoms with Gasteiger partial charge in [0.05, 0.1) is 0 Å². The van der Waals surface area contributed by atoms with Crippen molar-refractivity contribution in [1.82, 2.24) is 0 Å². The quantitative estimate of drug-likeness (QED) is 0.207. The van der Waals surface area contributed by atoms with Crippen LogP contribution in [-0.2, 0) is 17.4 Å². The molecule has 0 radical (unpaired) electrons. The van der Waals surface area contributed by atoms with Gasteiger partial charge in [-0.3, -0.25) is 0 Å². The Bertz CT molecular complexity index is 1480. The summed E-state index contributed by atoms with van der Waals surface area (Å²) in [6.45, 7) is 7.22. The maximum Gasteiger partial charge on any atom is -0.147 e. The largest absolute Gasteiger partial charge is 0.147 e. The zero-order valence-corrected chi connectivity index (χ0v) is 25.8. The average molecular weight is 583 g/mol. The number of hydrogen-bond acceptors (Lipinski definition) is 0. The van der Waals surface area contributed by atoms with Crippen LogP contribution in [0.4, 0.5) is 0 Å². The van der Waals surface area contributed by atoms with E-state index in [1.54, 1.807) is 22.3 Å². The van der Waals surface area contributed by atoms with Gasteiger partial charge in [0, 0.05) is 0 Å². The van der Waals surface area contributed by atoms with Crippen LogP contribution in [0, 0.1) is 0 Å². The number of rotatable bonds is 2. The van der Waals surface area contributed by atoms with E-state index in [2.05, 4.69) is 115 Å². The molecule has 0 saturated carbocycles. The van der Waals surface area contributed by atoms with Gasteiger partial charge in [-0.25, -0.2) is 0 Å². The zero-order chi connectivity index (χ0) is 22.3. The molecule has 0 amide bonds. The van der Waals surface area contributed by atoms with Crippen molar-refractivity contribution in [2.75, 3.05) is 0 Å². The van der Waals surface area contributed by atoms with Crippen LogP contribution in [0.3, 0.4) is 0 Å². The molecule has 0 saturated heterocycles. The van der Waals surface area contributed by atoms with Crippen LogP contribution < -0.4 is 0 Å². The number of halogens is 2. The Balaban J connectivity index is 0.00000137. The number of hydrogen-bond donors (Lipinski definition) is 0. The molecule has 2 aliphatic rings. The smallest absolute Gasteiger partial charge is 0.147 e. The third-order valence-electron chi connectivity index (χ3n) is 8.16. The van der Waals surface area contributed by atoms with Gasteiger partial charge in [-0.2, -0.15) is 0 Å². The first kappa shape index (κ1) is 25.6. The van der Waals surface area contributed by atoms with Crippen molar-refractivity contribution >= 4 is 65.4 Å². The molecule has 174 valence electrons. The second-order valence-electron chi connectivity index (χ2n) is 11.2. The van der Waals surface area contributed by atoms with Gasteiger partial charge in [0.25, 0.3) is 0 Å². The number of benzene rings is 4. The summed E-state index contributed by atoms with van der Waals surface area (Å²) in [6, 6.07) is 27.3. The van der Waals surface area contributed by atoms with Gasteiger partial charge in [0.2, 0.25) is 0 Å². The Morgan fingerprint density at radius 1 is 0.588 bits per heavy atom. The van der Waals surface area contributed by atoms with Crippen molar-refractivity contribution in [3.05, 3.63) is 106 Å². The first-order chi connectivity index (χ1) is 15.2. The molecule has 6 rings (SSSR count). The maximum absolute atomic E-state index is 3.47. The predicted molar refractivity (Wildman–Crippen MR) is 155 cm³/mol. The van der Waals surface area contributed by atoms with Crippen molar-refractivity contribution in [2.24, 2.45) is 0 Å². The standard InChI is InChI=1S/2C14H11.2CH3.2ClH.H2Si.Zr/c2*1-10-8-12-7-6-11-4-2-3-5-13(11)14(12)9-10;;;;;;/h2*2-9H,1H3;2*1H3;2*1H;1H2;. The molecule has 2 aliphatic carbocycles. The van der Waals surface area contributed by atoms with Crippen molar-refractivity contribution in [2.45, 2.75) is 30.4 Å². The van der Waals surface area contributed by atoms with Gasteiger partial charge in [0.15, 0.2) is 0 Å². The SMILES string of the molecule is CC1=Cc2ccc3ccccc3c2[CH]1[Zr]([CH3])([CH3])(=[SiH2])[C@@H]1C(C)=Cc2ccc3ccccc3c21.Cl.Cl. The minimum Gasteiger partial charge on any atom is -0.147 e. The molecule has 0 N–H and O–H groups in total. The van der Waals surface area contributed by atoms with Gasteiger partial charge in [-0.05, 0) is 0 Å². The van der Waals surface area contributed by atoms with Crippen molar-refractivity contribution in [3.63, 3.8) is 0 Å². The Morgan fingerprint density at radius 2 is 0.971 bits per heavy atom. The van der Waals surface area contributed by atoms with Crippen molar-refractivity contribution in [3.8, 4) is 0 Å². The van der Waals surface area contributed by atoms with E-state index in [1.807, 2.05) is 0 Å². The fraction of sp³-hybridized carbons (Fsp3) is 0.200. The van der Waals surface area contributed by atoms with Crippen LogP contribution >= 0.6 is 24.8 Å². The molecule has 0 spiro atoms. The van der Waals surface area contributed by atoms with Crippen LogP contribution in [0.2, 0.25) is 9.26 Å². The Labute approximate surface area is 217 Å². The van der Waals surface area contributed by atoms with Gasteiger partial charge in [-0.1, -0.05) is 0 Å². The summed E-state index contributed by atoms with van der Waals surface area (Å²) in [5.41, 5.74) is 9.24. The molecule has 1 unspecified atom stereocenters. The molecule has 0 aromatic heterocycles. The van der Waals surface area contributed by atoms with E-state index in [-0.39, 0.29) is 24.8 Å². The van der Waals surface area contributed by atoms with Gasteiger partial charge in [0.1, 0.15) is 0 Å². The summed E-state index contributed by atoms with van der Waals surface area (Å²) in [5.74, 6) is 0. The predicted octanol–water partition coefficient (Wildman–Crippen LogP) is 8.79. The molecule has 2 atom stereocenters. The van der Waals surface area contributed by atoms with Crippen LogP contribution in [0.5, 0.6) is 0 Å². The minimum absolute atomic E-state index is 0. The number of fused-ring (bicyclic) bond motifs is 6. The monoisotopic (exact) mass is 580 g/mol. The summed E-state index contributed by atoms with van der Waals surface area (Å²) in [7, 11) is 0. The van der Waals surface area contributed by atoms with Crippen molar-refractivity contribution < 1.29 is 17.4 Å². The molecule has 0 bridgehead atoms. The molecular weight excluding hydrogens is 551 g/mol. The molecule has 0 heterocycles. The van der Waals surface area contributed by atoms with Crippen LogP contribution in [0.15, 0.2) is 83.9 Å². The molecule has 0 nitrogen and oxygen atoms in total. The van der Waals surface area contributed by atoms with E-state index >= 15 is 0 Å². The number of allylic oxidation sites excluding steroid dienone is 2. The summed E-state index contributed by atoms with van der Waals surface area (Å²) < 4.78 is 6.60. The molecular formula is C30H32Cl2SiZr. The third kappa shape index (κ3) is 3.56. The zero-order valence-electron chi connectivity index (χ0n) is 20.3. The average Bonchev–Trinajstić information content (AvgIpc) is 3.30. The summed E-state index contributed by atoms with van der Waals surface area (Å²) in [6.07, 6.45) is 4.97. The first-order valence-electron chi connectivity index (χ1n) is 11.7. The van der Waals surface area contributed by atoms with E-state index in [0.29, 0.717) is 7.25 Å². The molecule has 0 aliphatic heterocycles. The van der Waals surface area contributed by atoms with Crippen molar-refractivity contribution in [1.29, 1.82) is 0 Å². The fourth-order valence-electron chi connectivity index (χ4n) is 7.24. The minimum atomic E-state index is -3.47. The Hall–Kier alpha value is -1.44. The van der Waals surface area contributed by atoms with E-state index in [0.717, 1.165) is 0 Å². The maximum atomic E-state index is 2.73.